The molecule has 144 valence electrons. The molecule has 6 nitrogen and oxygen atoms in total. The summed E-state index contributed by atoms with van der Waals surface area (Å²) in [7, 11) is -3.68. The molecular formula is C17H35NO5S. The van der Waals surface area contributed by atoms with Gasteiger partial charge in [-0.2, -0.15) is 17.8 Å². The monoisotopic (exact) mass is 365 g/mol. The zero-order valence-corrected chi connectivity index (χ0v) is 16.2. The Morgan fingerprint density at radius 3 is 1.83 bits per heavy atom. The van der Waals surface area contributed by atoms with Crippen molar-refractivity contribution in [2.24, 2.45) is 0 Å². The van der Waals surface area contributed by atoms with Crippen LogP contribution in [0.3, 0.4) is 0 Å². The summed E-state index contributed by atoms with van der Waals surface area (Å²) in [5.41, 5.74) is 0. The summed E-state index contributed by atoms with van der Waals surface area (Å²) in [6.45, 7) is 3.86. The lowest BCUT2D eigenvalue weighted by Gasteiger charge is -2.18. The molecule has 24 heavy (non-hydrogen) atoms. The average molecular weight is 366 g/mol. The number of carboxylic acid groups (broad SMARTS) is 1. The molecular weight excluding hydrogens is 330 g/mol. The fourth-order valence-corrected chi connectivity index (χ4v) is 3.54. The first-order valence-electron chi connectivity index (χ1n) is 9.30. The summed E-state index contributed by atoms with van der Waals surface area (Å²) >= 11 is 0. The normalized spacial score (nSPS) is 12.0. The van der Waals surface area contributed by atoms with Crippen molar-refractivity contribution in [2.75, 3.05) is 18.8 Å². The average Bonchev–Trinajstić information content (AvgIpc) is 2.47. The van der Waals surface area contributed by atoms with E-state index >= 15 is 0 Å². The van der Waals surface area contributed by atoms with Crippen molar-refractivity contribution >= 4 is 16.1 Å². The van der Waals surface area contributed by atoms with E-state index < -0.39 is 22.6 Å². The molecule has 0 spiro atoms. The maximum Gasteiger partial charge on any atom is 0.320 e. The number of aliphatic carboxylic acids is 1. The van der Waals surface area contributed by atoms with Gasteiger partial charge in [-0.3, -0.25) is 4.79 Å². The summed E-state index contributed by atoms with van der Waals surface area (Å²) in [5.74, 6) is -1.19. The van der Waals surface area contributed by atoms with Gasteiger partial charge in [0.25, 0.3) is 10.1 Å². The van der Waals surface area contributed by atoms with Gasteiger partial charge in [0.15, 0.2) is 0 Å². The third kappa shape index (κ3) is 14.9. The number of hydrogen-bond acceptors (Lipinski definition) is 5. The van der Waals surface area contributed by atoms with Crippen molar-refractivity contribution < 1.29 is 22.6 Å². The van der Waals surface area contributed by atoms with Crippen molar-refractivity contribution in [1.82, 2.24) is 5.06 Å². The third-order valence-electron chi connectivity index (χ3n) is 3.75. The highest BCUT2D eigenvalue weighted by molar-refractivity contribution is 7.86. The molecule has 0 aromatic carbocycles. The first-order valence-corrected chi connectivity index (χ1v) is 10.9. The molecule has 0 aliphatic rings. The quantitative estimate of drug-likeness (QED) is 0.310. The van der Waals surface area contributed by atoms with E-state index in [0.717, 1.165) is 24.3 Å². The predicted octanol–water partition coefficient (Wildman–Crippen LogP) is 3.97. The number of carbonyl (C=O) groups is 1. The molecule has 0 unspecified atom stereocenters. The van der Waals surface area contributed by atoms with E-state index in [2.05, 4.69) is 6.92 Å². The van der Waals surface area contributed by atoms with Gasteiger partial charge in [0, 0.05) is 6.54 Å². The van der Waals surface area contributed by atoms with Crippen molar-refractivity contribution in [3.8, 4) is 0 Å². The van der Waals surface area contributed by atoms with Crippen LogP contribution in [-0.2, 0) is 19.2 Å². The molecule has 0 amide bonds. The van der Waals surface area contributed by atoms with Crippen LogP contribution in [-0.4, -0.2) is 43.4 Å². The zero-order valence-electron chi connectivity index (χ0n) is 15.3. The van der Waals surface area contributed by atoms with E-state index in [9.17, 15) is 13.2 Å². The van der Waals surface area contributed by atoms with Crippen LogP contribution in [0.2, 0.25) is 0 Å². The van der Waals surface area contributed by atoms with Gasteiger partial charge in [0.1, 0.15) is 6.54 Å². The van der Waals surface area contributed by atoms with Crippen LogP contribution in [0.5, 0.6) is 0 Å². The summed E-state index contributed by atoms with van der Waals surface area (Å²) in [5, 5.41) is 9.91. The Bertz CT molecular complexity index is 411. The van der Waals surface area contributed by atoms with Crippen molar-refractivity contribution in [3.63, 3.8) is 0 Å². The van der Waals surface area contributed by atoms with Gasteiger partial charge in [-0.1, -0.05) is 71.6 Å². The molecule has 0 aromatic heterocycles. The fraction of sp³-hybridized carbons (Fsp3) is 0.941. The van der Waals surface area contributed by atoms with Crippen LogP contribution < -0.4 is 0 Å². The van der Waals surface area contributed by atoms with Gasteiger partial charge < -0.3 is 5.11 Å². The van der Waals surface area contributed by atoms with Crippen molar-refractivity contribution in [2.45, 2.75) is 84.5 Å². The highest BCUT2D eigenvalue weighted by Crippen LogP contribution is 2.11. The zero-order chi connectivity index (χ0) is 18.3. The standard InChI is InChI=1S/C17H35NO5S/c1-3-5-6-7-8-9-10-11-12-13-14-18(16-17(19)20)23-24(21,22)15-4-2/h3-16H2,1-2H3,(H,19,20). The highest BCUT2D eigenvalue weighted by Gasteiger charge is 2.18. The molecule has 0 heterocycles. The number of carboxylic acids is 1. The molecule has 0 bridgehead atoms. The maximum absolute atomic E-state index is 11.6. The lowest BCUT2D eigenvalue weighted by molar-refractivity contribution is -0.147. The van der Waals surface area contributed by atoms with E-state index in [1.807, 2.05) is 0 Å². The van der Waals surface area contributed by atoms with Gasteiger partial charge in [0.2, 0.25) is 0 Å². The van der Waals surface area contributed by atoms with Crippen LogP contribution in [0.4, 0.5) is 0 Å². The molecule has 7 heteroatoms. The minimum Gasteiger partial charge on any atom is -0.480 e. The SMILES string of the molecule is CCCCCCCCCCCCN(CC(=O)O)OS(=O)(=O)CCC. The number of rotatable bonds is 17. The maximum atomic E-state index is 11.6. The topological polar surface area (TPSA) is 83.9 Å². The predicted molar refractivity (Wildman–Crippen MR) is 96.2 cm³/mol. The van der Waals surface area contributed by atoms with Crippen LogP contribution >= 0.6 is 0 Å². The Hall–Kier alpha value is -0.660. The lowest BCUT2D eigenvalue weighted by atomic mass is 10.1. The second-order valence-corrected chi connectivity index (χ2v) is 7.95. The molecule has 0 aliphatic heterocycles. The Morgan fingerprint density at radius 1 is 0.875 bits per heavy atom. The van der Waals surface area contributed by atoms with Crippen molar-refractivity contribution in [1.29, 1.82) is 0 Å². The van der Waals surface area contributed by atoms with Crippen LogP contribution in [0.25, 0.3) is 0 Å². The smallest absolute Gasteiger partial charge is 0.320 e. The molecule has 1 N–H and O–H groups in total. The Kier molecular flexibility index (Phi) is 14.3. The molecule has 0 atom stereocenters. The van der Waals surface area contributed by atoms with Crippen molar-refractivity contribution in [3.05, 3.63) is 0 Å². The van der Waals surface area contributed by atoms with E-state index in [-0.39, 0.29) is 5.75 Å². The minimum atomic E-state index is -3.68. The van der Waals surface area contributed by atoms with Crippen LogP contribution in [0, 0.1) is 0 Å². The molecule has 0 fully saturated rings. The second-order valence-electron chi connectivity index (χ2n) is 6.28. The van der Waals surface area contributed by atoms with Crippen LogP contribution in [0.1, 0.15) is 84.5 Å². The second kappa shape index (κ2) is 14.7. The molecule has 0 aromatic rings. The Balaban J connectivity index is 3.85. The summed E-state index contributed by atoms with van der Waals surface area (Å²) < 4.78 is 28.2. The van der Waals surface area contributed by atoms with Gasteiger partial charge in [0.05, 0.1) is 5.75 Å². The van der Waals surface area contributed by atoms with Gasteiger partial charge >= 0.3 is 5.97 Å². The molecule has 0 aliphatic carbocycles. The molecule has 0 saturated heterocycles. The van der Waals surface area contributed by atoms with Crippen LogP contribution in [0.15, 0.2) is 0 Å². The van der Waals surface area contributed by atoms with E-state index in [0.29, 0.717) is 13.0 Å². The number of unbranched alkanes of at least 4 members (excludes halogenated alkanes) is 9. The van der Waals surface area contributed by atoms with E-state index in [1.54, 1.807) is 6.92 Å². The number of hydroxylamine groups is 2. The highest BCUT2D eigenvalue weighted by atomic mass is 32.2. The Morgan fingerprint density at radius 2 is 1.38 bits per heavy atom. The first-order chi connectivity index (χ1) is 11.4. The van der Waals surface area contributed by atoms with E-state index in [4.69, 9.17) is 9.39 Å². The Labute approximate surface area is 147 Å². The van der Waals surface area contributed by atoms with Gasteiger partial charge in [-0.15, -0.1) is 0 Å². The number of hydrogen-bond donors (Lipinski definition) is 1. The number of nitrogens with zero attached hydrogens (tertiary/aromatic N) is 1. The minimum absolute atomic E-state index is 0.0961. The summed E-state index contributed by atoms with van der Waals surface area (Å²) in [4.78, 5) is 10.8. The largest absolute Gasteiger partial charge is 0.480 e. The van der Waals surface area contributed by atoms with E-state index in [1.165, 1.54) is 44.9 Å². The lowest BCUT2D eigenvalue weighted by Crippen LogP contribution is -2.34. The summed E-state index contributed by atoms with van der Waals surface area (Å²) in [6, 6.07) is 0. The molecule has 0 saturated carbocycles. The van der Waals surface area contributed by atoms with Gasteiger partial charge in [-0.25, -0.2) is 0 Å². The fourth-order valence-electron chi connectivity index (χ4n) is 2.52. The molecule has 0 rings (SSSR count). The third-order valence-corrected chi connectivity index (χ3v) is 5.09. The first kappa shape index (κ1) is 23.3. The molecule has 0 radical (unpaired) electrons. The van der Waals surface area contributed by atoms with Gasteiger partial charge in [-0.05, 0) is 12.8 Å². The summed E-state index contributed by atoms with van der Waals surface area (Å²) in [6.07, 6.45) is 12.2.